The van der Waals surface area contributed by atoms with Crippen LogP contribution < -0.4 is 10.2 Å². The van der Waals surface area contributed by atoms with E-state index in [2.05, 4.69) is 5.32 Å². The first kappa shape index (κ1) is 25.3. The maximum Gasteiger partial charge on any atom is 0.298 e. The molecule has 0 radical (unpaired) electrons. The van der Waals surface area contributed by atoms with Gasteiger partial charge in [0.05, 0.1) is 6.42 Å². The van der Waals surface area contributed by atoms with Crippen LogP contribution in [0.1, 0.15) is 28.4 Å². The minimum absolute atomic E-state index is 0.0513. The topological polar surface area (TPSA) is 69.6 Å². The predicted molar refractivity (Wildman–Crippen MR) is 125 cm³/mol. The Labute approximate surface area is 199 Å². The molecule has 0 fully saturated rings. The van der Waals surface area contributed by atoms with Gasteiger partial charge in [-0.05, 0) is 55.0 Å². The van der Waals surface area contributed by atoms with Crippen LogP contribution in [0.2, 0.25) is 5.02 Å². The molecule has 0 bridgehead atoms. The second-order valence-electron chi connectivity index (χ2n) is 7.79. The summed E-state index contributed by atoms with van der Waals surface area (Å²) >= 11 is 5.85. The Bertz CT molecular complexity index is 1160. The van der Waals surface area contributed by atoms with E-state index in [9.17, 15) is 27.9 Å². The molecule has 0 heterocycles. The lowest BCUT2D eigenvalue weighted by molar-refractivity contribution is -0.115. The van der Waals surface area contributed by atoms with Crippen LogP contribution in [0.4, 0.5) is 24.5 Å². The molecular weight excluding hydrogens is 469 g/mol. The smallest absolute Gasteiger partial charge is 0.298 e. The zero-order valence-corrected chi connectivity index (χ0v) is 19.1. The van der Waals surface area contributed by atoms with Gasteiger partial charge in [0.1, 0.15) is 11.9 Å². The summed E-state index contributed by atoms with van der Waals surface area (Å²) in [5, 5.41) is 12.1. The van der Waals surface area contributed by atoms with Crippen LogP contribution in [0.5, 0.6) is 0 Å². The number of aliphatic hydroxyl groups excluding tert-OH is 1. The molecule has 0 saturated carbocycles. The molecule has 178 valence electrons. The van der Waals surface area contributed by atoms with Crippen LogP contribution in [0.15, 0.2) is 66.7 Å². The van der Waals surface area contributed by atoms with Crippen molar-refractivity contribution in [1.29, 1.82) is 0 Å². The van der Waals surface area contributed by atoms with E-state index in [-0.39, 0.29) is 22.9 Å². The van der Waals surface area contributed by atoms with E-state index in [1.54, 1.807) is 12.1 Å². The van der Waals surface area contributed by atoms with E-state index in [4.69, 9.17) is 11.6 Å². The van der Waals surface area contributed by atoms with Crippen molar-refractivity contribution in [1.82, 2.24) is 0 Å². The normalized spacial score (nSPS) is 12.2. The molecule has 34 heavy (non-hydrogen) atoms. The third-order valence-corrected chi connectivity index (χ3v) is 5.40. The molecule has 1 unspecified atom stereocenters. The molecule has 0 aliphatic carbocycles. The molecule has 0 aliphatic rings. The number of anilines is 2. The van der Waals surface area contributed by atoms with E-state index >= 15 is 0 Å². The standard InChI is InChI=1S/C25H22ClF3N2O3/c1-15(32)25(28,29)18-7-3-16(4-8-18)11-23(33)30-21-9-5-17(6-10-21)24(34)31(2)22-13-19(26)12-20(27)14-22/h3-10,12-15,32H,11H2,1-2H3,(H,30,33). The van der Waals surface area contributed by atoms with Crippen molar-refractivity contribution in [3.63, 3.8) is 0 Å². The average molecular weight is 491 g/mol. The van der Waals surface area contributed by atoms with Crippen LogP contribution >= 0.6 is 11.6 Å². The Morgan fingerprint density at radius 1 is 1.06 bits per heavy atom. The summed E-state index contributed by atoms with van der Waals surface area (Å²) in [4.78, 5) is 26.3. The predicted octanol–water partition coefficient (Wildman–Crippen LogP) is 5.41. The summed E-state index contributed by atoms with van der Waals surface area (Å²) < 4.78 is 41.3. The number of rotatable bonds is 7. The van der Waals surface area contributed by atoms with Crippen LogP contribution in [0, 0.1) is 5.82 Å². The highest BCUT2D eigenvalue weighted by molar-refractivity contribution is 6.31. The first-order valence-electron chi connectivity index (χ1n) is 10.3. The Morgan fingerprint density at radius 3 is 2.24 bits per heavy atom. The number of aliphatic hydroxyl groups is 1. The van der Waals surface area contributed by atoms with Crippen LogP contribution in [0.25, 0.3) is 0 Å². The van der Waals surface area contributed by atoms with Gasteiger partial charge in [-0.25, -0.2) is 4.39 Å². The fraction of sp³-hybridized carbons (Fsp3) is 0.200. The van der Waals surface area contributed by atoms with Crippen molar-refractivity contribution in [3.05, 3.63) is 94.3 Å². The van der Waals surface area contributed by atoms with Crippen molar-refractivity contribution in [3.8, 4) is 0 Å². The van der Waals surface area contributed by atoms with E-state index in [0.29, 0.717) is 22.5 Å². The zero-order chi connectivity index (χ0) is 25.0. The lowest BCUT2D eigenvalue weighted by Gasteiger charge is -2.19. The molecule has 0 spiro atoms. The lowest BCUT2D eigenvalue weighted by atomic mass is 10.0. The van der Waals surface area contributed by atoms with Gasteiger partial charge in [0.2, 0.25) is 5.91 Å². The number of hydrogen-bond acceptors (Lipinski definition) is 3. The molecule has 9 heteroatoms. The van der Waals surface area contributed by atoms with Gasteiger partial charge in [-0.2, -0.15) is 8.78 Å². The van der Waals surface area contributed by atoms with Crippen molar-refractivity contribution in [2.75, 3.05) is 17.3 Å². The van der Waals surface area contributed by atoms with E-state index in [1.807, 2.05) is 0 Å². The number of alkyl halides is 2. The van der Waals surface area contributed by atoms with E-state index in [0.717, 1.165) is 13.0 Å². The quantitative estimate of drug-likeness (QED) is 0.465. The maximum absolute atomic E-state index is 13.9. The summed E-state index contributed by atoms with van der Waals surface area (Å²) in [7, 11) is 1.49. The highest BCUT2D eigenvalue weighted by atomic mass is 35.5. The summed E-state index contributed by atoms with van der Waals surface area (Å²) in [5.74, 6) is -4.71. The Hall–Kier alpha value is -3.36. The van der Waals surface area contributed by atoms with Gasteiger partial charge in [-0.1, -0.05) is 35.9 Å². The maximum atomic E-state index is 13.9. The zero-order valence-electron chi connectivity index (χ0n) is 18.4. The van der Waals surface area contributed by atoms with Gasteiger partial charge in [-0.15, -0.1) is 0 Å². The highest BCUT2D eigenvalue weighted by Crippen LogP contribution is 2.31. The molecule has 3 aromatic rings. The number of hydrogen-bond donors (Lipinski definition) is 2. The molecule has 0 aromatic heterocycles. The van der Waals surface area contributed by atoms with Gasteiger partial charge in [-0.3, -0.25) is 9.59 Å². The molecule has 2 N–H and O–H groups in total. The van der Waals surface area contributed by atoms with E-state index in [1.165, 1.54) is 60.5 Å². The fourth-order valence-electron chi connectivity index (χ4n) is 3.22. The largest absolute Gasteiger partial charge is 0.387 e. The molecule has 0 saturated heterocycles. The molecule has 5 nitrogen and oxygen atoms in total. The number of benzene rings is 3. The third kappa shape index (κ3) is 5.95. The SMILES string of the molecule is CC(O)C(F)(F)c1ccc(CC(=O)Nc2ccc(C(=O)N(C)c3cc(F)cc(Cl)c3)cc2)cc1. The Balaban J connectivity index is 1.62. The monoisotopic (exact) mass is 490 g/mol. The van der Waals surface area contributed by atoms with Crippen LogP contribution in [0.3, 0.4) is 0 Å². The molecular formula is C25H22ClF3N2O3. The Kier molecular flexibility index (Phi) is 7.64. The van der Waals surface area contributed by atoms with Gasteiger partial charge in [0.25, 0.3) is 11.8 Å². The summed E-state index contributed by atoms with van der Waals surface area (Å²) in [5.41, 5.74) is 1.23. The first-order valence-corrected chi connectivity index (χ1v) is 10.6. The van der Waals surface area contributed by atoms with Gasteiger partial charge >= 0.3 is 0 Å². The number of nitrogens with one attached hydrogen (secondary N) is 1. The number of carbonyl (C=O) groups excluding carboxylic acids is 2. The fourth-order valence-corrected chi connectivity index (χ4v) is 3.43. The minimum Gasteiger partial charge on any atom is -0.387 e. The first-order chi connectivity index (χ1) is 16.0. The van der Waals surface area contributed by atoms with Crippen LogP contribution in [-0.2, 0) is 17.1 Å². The average Bonchev–Trinajstić information content (AvgIpc) is 2.78. The third-order valence-electron chi connectivity index (χ3n) is 5.18. The van der Waals surface area contributed by atoms with Crippen molar-refractivity contribution < 1.29 is 27.9 Å². The second kappa shape index (κ2) is 10.3. The minimum atomic E-state index is -3.38. The number of halogens is 4. The second-order valence-corrected chi connectivity index (χ2v) is 8.23. The molecule has 2 amide bonds. The molecule has 0 aliphatic heterocycles. The van der Waals surface area contributed by atoms with Gasteiger partial charge < -0.3 is 15.3 Å². The Morgan fingerprint density at radius 2 is 1.68 bits per heavy atom. The highest BCUT2D eigenvalue weighted by Gasteiger charge is 2.37. The molecule has 3 aromatic carbocycles. The van der Waals surface area contributed by atoms with Crippen molar-refractivity contribution >= 4 is 34.8 Å². The number of nitrogens with zero attached hydrogens (tertiary/aromatic N) is 1. The number of amides is 2. The van der Waals surface area contributed by atoms with Gasteiger partial charge in [0.15, 0.2) is 0 Å². The van der Waals surface area contributed by atoms with Crippen molar-refractivity contribution in [2.45, 2.75) is 25.4 Å². The summed E-state index contributed by atoms with van der Waals surface area (Å²) in [6.45, 7) is 1.01. The molecule has 3 rings (SSSR count). The molecule has 1 atom stereocenters. The summed E-state index contributed by atoms with van der Waals surface area (Å²) in [6.07, 6.45) is -1.88. The van der Waals surface area contributed by atoms with Crippen molar-refractivity contribution in [2.24, 2.45) is 0 Å². The van der Waals surface area contributed by atoms with Gasteiger partial charge in [0, 0.05) is 34.6 Å². The lowest BCUT2D eigenvalue weighted by Crippen LogP contribution is -2.27. The number of carbonyl (C=O) groups is 2. The van der Waals surface area contributed by atoms with Crippen LogP contribution in [-0.4, -0.2) is 30.1 Å². The van der Waals surface area contributed by atoms with E-state index < -0.39 is 23.8 Å². The summed E-state index contributed by atoms with van der Waals surface area (Å²) in [6, 6.07) is 15.1.